The van der Waals surface area contributed by atoms with Crippen molar-refractivity contribution >= 4 is 5.91 Å². The van der Waals surface area contributed by atoms with Crippen LogP contribution in [0, 0.1) is 6.92 Å². The van der Waals surface area contributed by atoms with Crippen molar-refractivity contribution in [1.82, 2.24) is 5.32 Å². The Morgan fingerprint density at radius 3 is 2.20 bits per heavy atom. The van der Waals surface area contributed by atoms with Gasteiger partial charge in [-0.3, -0.25) is 4.79 Å². The molecular formula is C17H19NO2. The summed E-state index contributed by atoms with van der Waals surface area (Å²) in [5.74, 6) is -0.0606. The summed E-state index contributed by atoms with van der Waals surface area (Å²) in [4.78, 5) is 12.0. The van der Waals surface area contributed by atoms with E-state index >= 15 is 0 Å². The number of amides is 1. The first-order chi connectivity index (χ1) is 9.69. The molecule has 104 valence electrons. The quantitative estimate of drug-likeness (QED) is 0.906. The predicted molar refractivity (Wildman–Crippen MR) is 79.5 cm³/mol. The molecule has 2 aromatic carbocycles. The van der Waals surface area contributed by atoms with Gasteiger partial charge in [0.25, 0.3) is 5.91 Å². The molecule has 0 spiro atoms. The second-order valence-electron chi connectivity index (χ2n) is 4.80. The second-order valence-corrected chi connectivity index (χ2v) is 4.80. The van der Waals surface area contributed by atoms with Crippen LogP contribution >= 0.6 is 0 Å². The highest BCUT2D eigenvalue weighted by Crippen LogP contribution is 2.07. The highest BCUT2D eigenvalue weighted by molar-refractivity contribution is 5.94. The van der Waals surface area contributed by atoms with Crippen molar-refractivity contribution < 1.29 is 9.53 Å². The monoisotopic (exact) mass is 269 g/mol. The maximum Gasteiger partial charge on any atom is 0.251 e. The summed E-state index contributed by atoms with van der Waals surface area (Å²) in [7, 11) is 1.65. The molecule has 0 saturated heterocycles. The van der Waals surface area contributed by atoms with Crippen molar-refractivity contribution in [2.75, 3.05) is 7.11 Å². The third-order valence-electron chi connectivity index (χ3n) is 3.10. The largest absolute Gasteiger partial charge is 0.380 e. The highest BCUT2D eigenvalue weighted by Gasteiger charge is 2.05. The van der Waals surface area contributed by atoms with Crippen molar-refractivity contribution in [2.24, 2.45) is 0 Å². The minimum Gasteiger partial charge on any atom is -0.380 e. The summed E-state index contributed by atoms with van der Waals surface area (Å²) < 4.78 is 5.04. The van der Waals surface area contributed by atoms with Crippen LogP contribution in [-0.2, 0) is 17.9 Å². The summed E-state index contributed by atoms with van der Waals surface area (Å²) in [6, 6.07) is 15.6. The van der Waals surface area contributed by atoms with Crippen molar-refractivity contribution in [1.29, 1.82) is 0 Å². The molecule has 1 amide bonds. The van der Waals surface area contributed by atoms with Gasteiger partial charge in [0.15, 0.2) is 0 Å². The first-order valence-electron chi connectivity index (χ1n) is 6.60. The van der Waals surface area contributed by atoms with E-state index in [0.717, 1.165) is 11.1 Å². The molecule has 0 fully saturated rings. The normalized spacial score (nSPS) is 10.3. The molecule has 20 heavy (non-hydrogen) atoms. The van der Waals surface area contributed by atoms with Crippen LogP contribution in [0.4, 0.5) is 0 Å². The van der Waals surface area contributed by atoms with Gasteiger partial charge in [-0.25, -0.2) is 0 Å². The zero-order chi connectivity index (χ0) is 14.4. The number of benzene rings is 2. The SMILES string of the molecule is COCc1ccc(C(=O)NCc2ccc(C)cc2)cc1. The zero-order valence-corrected chi connectivity index (χ0v) is 11.8. The van der Waals surface area contributed by atoms with Crippen LogP contribution in [0.25, 0.3) is 0 Å². The fourth-order valence-electron chi connectivity index (χ4n) is 1.91. The lowest BCUT2D eigenvalue weighted by Gasteiger charge is -2.06. The molecule has 0 atom stereocenters. The van der Waals surface area contributed by atoms with E-state index in [1.807, 2.05) is 55.5 Å². The van der Waals surface area contributed by atoms with E-state index < -0.39 is 0 Å². The average Bonchev–Trinajstić information content (AvgIpc) is 2.47. The van der Waals surface area contributed by atoms with Crippen molar-refractivity contribution in [3.05, 3.63) is 70.8 Å². The molecule has 2 rings (SSSR count). The molecule has 0 aliphatic carbocycles. The van der Waals surface area contributed by atoms with Gasteiger partial charge >= 0.3 is 0 Å². The van der Waals surface area contributed by atoms with Crippen LogP contribution in [0.15, 0.2) is 48.5 Å². The number of ether oxygens (including phenoxy) is 1. The van der Waals surface area contributed by atoms with Crippen LogP contribution in [-0.4, -0.2) is 13.0 Å². The van der Waals surface area contributed by atoms with Gasteiger partial charge in [-0.2, -0.15) is 0 Å². The number of hydrogen-bond acceptors (Lipinski definition) is 2. The number of methoxy groups -OCH3 is 1. The zero-order valence-electron chi connectivity index (χ0n) is 11.8. The number of nitrogens with one attached hydrogen (secondary N) is 1. The lowest BCUT2D eigenvalue weighted by Crippen LogP contribution is -2.22. The Hall–Kier alpha value is -2.13. The van der Waals surface area contributed by atoms with Crippen LogP contribution in [0.2, 0.25) is 0 Å². The molecule has 0 aliphatic rings. The topological polar surface area (TPSA) is 38.3 Å². The number of rotatable bonds is 5. The third kappa shape index (κ3) is 3.93. The summed E-state index contributed by atoms with van der Waals surface area (Å²) in [6.07, 6.45) is 0. The number of hydrogen-bond donors (Lipinski definition) is 1. The molecule has 0 heterocycles. The van der Waals surface area contributed by atoms with E-state index in [4.69, 9.17) is 4.74 Å². The Labute approximate surface area is 119 Å². The Morgan fingerprint density at radius 1 is 1.00 bits per heavy atom. The van der Waals surface area contributed by atoms with Gasteiger partial charge < -0.3 is 10.1 Å². The Morgan fingerprint density at radius 2 is 1.60 bits per heavy atom. The molecule has 0 aromatic heterocycles. The highest BCUT2D eigenvalue weighted by atomic mass is 16.5. The summed E-state index contributed by atoms with van der Waals surface area (Å²) in [5.41, 5.74) is 4.04. The lowest BCUT2D eigenvalue weighted by atomic mass is 10.1. The van der Waals surface area contributed by atoms with Crippen molar-refractivity contribution in [2.45, 2.75) is 20.1 Å². The van der Waals surface area contributed by atoms with Crippen LogP contribution in [0.1, 0.15) is 27.0 Å². The first-order valence-corrected chi connectivity index (χ1v) is 6.60. The minimum atomic E-state index is -0.0606. The summed E-state index contributed by atoms with van der Waals surface area (Å²) in [6.45, 7) is 3.15. The molecule has 1 N–H and O–H groups in total. The van der Waals surface area contributed by atoms with E-state index in [-0.39, 0.29) is 5.91 Å². The van der Waals surface area contributed by atoms with Gasteiger partial charge in [0.2, 0.25) is 0 Å². The Kier molecular flexibility index (Phi) is 4.91. The van der Waals surface area contributed by atoms with Gasteiger partial charge in [0.1, 0.15) is 0 Å². The lowest BCUT2D eigenvalue weighted by molar-refractivity contribution is 0.0951. The maximum atomic E-state index is 12.0. The minimum absolute atomic E-state index is 0.0606. The van der Waals surface area contributed by atoms with Gasteiger partial charge in [-0.05, 0) is 30.2 Å². The van der Waals surface area contributed by atoms with Crippen LogP contribution in [0.3, 0.4) is 0 Å². The molecule has 3 heteroatoms. The molecule has 0 aliphatic heterocycles. The van der Waals surface area contributed by atoms with E-state index in [9.17, 15) is 4.79 Å². The summed E-state index contributed by atoms with van der Waals surface area (Å²) >= 11 is 0. The number of carbonyl (C=O) groups excluding carboxylic acids is 1. The molecule has 0 unspecified atom stereocenters. The van der Waals surface area contributed by atoms with Gasteiger partial charge in [0, 0.05) is 19.2 Å². The Bertz CT molecular complexity index is 559. The van der Waals surface area contributed by atoms with E-state index in [1.54, 1.807) is 7.11 Å². The number of aryl methyl sites for hydroxylation is 1. The fourth-order valence-corrected chi connectivity index (χ4v) is 1.91. The van der Waals surface area contributed by atoms with Crippen molar-refractivity contribution in [3.63, 3.8) is 0 Å². The fraction of sp³-hybridized carbons (Fsp3) is 0.235. The van der Waals surface area contributed by atoms with Gasteiger partial charge in [-0.1, -0.05) is 42.0 Å². The average molecular weight is 269 g/mol. The Balaban J connectivity index is 1.92. The predicted octanol–water partition coefficient (Wildman–Crippen LogP) is 3.07. The molecular weight excluding hydrogens is 250 g/mol. The third-order valence-corrected chi connectivity index (χ3v) is 3.10. The summed E-state index contributed by atoms with van der Waals surface area (Å²) in [5, 5.41) is 2.92. The van der Waals surface area contributed by atoms with Crippen LogP contribution < -0.4 is 5.32 Å². The van der Waals surface area contributed by atoms with Crippen LogP contribution in [0.5, 0.6) is 0 Å². The smallest absolute Gasteiger partial charge is 0.251 e. The molecule has 0 bridgehead atoms. The molecule has 0 saturated carbocycles. The molecule has 0 radical (unpaired) electrons. The van der Waals surface area contributed by atoms with Gasteiger partial charge in [-0.15, -0.1) is 0 Å². The molecule has 2 aromatic rings. The van der Waals surface area contributed by atoms with Crippen molar-refractivity contribution in [3.8, 4) is 0 Å². The van der Waals surface area contributed by atoms with E-state index in [0.29, 0.717) is 18.7 Å². The standard InChI is InChI=1S/C17H19NO2/c1-13-3-5-14(6-4-13)11-18-17(19)16-9-7-15(8-10-16)12-20-2/h3-10H,11-12H2,1-2H3,(H,18,19). The maximum absolute atomic E-state index is 12.0. The van der Waals surface area contributed by atoms with Gasteiger partial charge in [0.05, 0.1) is 6.61 Å². The molecule has 3 nitrogen and oxygen atoms in total. The van der Waals surface area contributed by atoms with E-state index in [2.05, 4.69) is 5.32 Å². The second kappa shape index (κ2) is 6.87. The first kappa shape index (κ1) is 14.3. The number of carbonyl (C=O) groups is 1. The van der Waals surface area contributed by atoms with E-state index in [1.165, 1.54) is 5.56 Å².